The molecule has 4 aromatic rings. The summed E-state index contributed by atoms with van der Waals surface area (Å²) in [6.45, 7) is 2.00. The Morgan fingerprint density at radius 1 is 1.03 bits per heavy atom. The molecule has 0 radical (unpaired) electrons. The number of nitrogens with zero attached hydrogens (tertiary/aromatic N) is 4. The highest BCUT2D eigenvalue weighted by molar-refractivity contribution is 8.00. The lowest BCUT2D eigenvalue weighted by Crippen LogP contribution is -2.19. The first-order valence-electron chi connectivity index (χ1n) is 9.66. The molecule has 0 fully saturated rings. The third-order valence-corrected chi connectivity index (χ3v) is 5.87. The van der Waals surface area contributed by atoms with Crippen LogP contribution in [0, 0.1) is 6.92 Å². The summed E-state index contributed by atoms with van der Waals surface area (Å²) in [4.78, 5) is 13.3. The number of aryl methyl sites for hydroxylation is 1. The zero-order valence-electron chi connectivity index (χ0n) is 17.1. The number of aromatic nitrogens is 4. The Labute approximate surface area is 184 Å². The standard InChI is InChI=1S/C23H21N5O2S/c1-16-9-6-7-14-20(16)28-23(25-26-27-28)31-21(17-10-4-3-5-11-17)22(29)24-18-12-8-13-19(15-18)30-2/h3-15,21H,1-2H3,(H,24,29). The van der Waals surface area contributed by atoms with E-state index in [9.17, 15) is 4.79 Å². The van der Waals surface area contributed by atoms with Gasteiger partial charge in [0, 0.05) is 11.8 Å². The molecule has 1 amide bonds. The van der Waals surface area contributed by atoms with E-state index in [2.05, 4.69) is 20.8 Å². The molecule has 1 unspecified atom stereocenters. The molecular formula is C23H21N5O2S. The van der Waals surface area contributed by atoms with E-state index in [0.29, 0.717) is 16.6 Å². The topological polar surface area (TPSA) is 81.9 Å². The molecule has 1 N–H and O–H groups in total. The summed E-state index contributed by atoms with van der Waals surface area (Å²) in [5.41, 5.74) is 3.42. The zero-order chi connectivity index (χ0) is 21.6. The van der Waals surface area contributed by atoms with Gasteiger partial charge >= 0.3 is 0 Å². The number of nitrogens with one attached hydrogen (secondary N) is 1. The van der Waals surface area contributed by atoms with E-state index in [-0.39, 0.29) is 5.91 Å². The molecule has 0 saturated carbocycles. The Morgan fingerprint density at radius 2 is 1.81 bits per heavy atom. The van der Waals surface area contributed by atoms with Crippen LogP contribution in [0.1, 0.15) is 16.4 Å². The molecule has 1 heterocycles. The Hall–Kier alpha value is -3.65. The first kappa shape index (κ1) is 20.6. The normalized spacial score (nSPS) is 11.7. The van der Waals surface area contributed by atoms with Gasteiger partial charge in [-0.05, 0) is 46.7 Å². The van der Waals surface area contributed by atoms with Crippen LogP contribution < -0.4 is 10.1 Å². The SMILES string of the molecule is COc1cccc(NC(=O)C(Sc2nnnn2-c2ccccc2C)c2ccccc2)c1. The number of tetrazole rings is 1. The largest absolute Gasteiger partial charge is 0.497 e. The molecule has 8 heteroatoms. The van der Waals surface area contributed by atoms with Crippen LogP contribution >= 0.6 is 11.8 Å². The van der Waals surface area contributed by atoms with Crippen molar-refractivity contribution in [3.05, 3.63) is 90.0 Å². The number of thioether (sulfide) groups is 1. The van der Waals surface area contributed by atoms with Crippen molar-refractivity contribution in [2.75, 3.05) is 12.4 Å². The van der Waals surface area contributed by atoms with Crippen molar-refractivity contribution in [2.45, 2.75) is 17.3 Å². The summed E-state index contributed by atoms with van der Waals surface area (Å²) in [7, 11) is 1.59. The Morgan fingerprint density at radius 3 is 2.58 bits per heavy atom. The first-order chi connectivity index (χ1) is 15.2. The minimum absolute atomic E-state index is 0.177. The van der Waals surface area contributed by atoms with Crippen molar-refractivity contribution in [1.82, 2.24) is 20.2 Å². The Balaban J connectivity index is 1.65. The highest BCUT2D eigenvalue weighted by Crippen LogP contribution is 2.36. The van der Waals surface area contributed by atoms with Crippen LogP contribution in [0.5, 0.6) is 5.75 Å². The predicted octanol–water partition coefficient (Wildman–Crippen LogP) is 4.45. The number of methoxy groups -OCH3 is 1. The van der Waals surface area contributed by atoms with E-state index in [1.807, 2.05) is 79.7 Å². The maximum atomic E-state index is 13.3. The van der Waals surface area contributed by atoms with Gasteiger partial charge in [-0.3, -0.25) is 4.79 Å². The Kier molecular flexibility index (Phi) is 6.28. The van der Waals surface area contributed by atoms with Crippen molar-refractivity contribution in [3.8, 4) is 11.4 Å². The van der Waals surface area contributed by atoms with E-state index < -0.39 is 5.25 Å². The third-order valence-electron chi connectivity index (χ3n) is 4.69. The molecule has 0 saturated heterocycles. The number of rotatable bonds is 7. The number of para-hydroxylation sites is 1. The van der Waals surface area contributed by atoms with Gasteiger partial charge in [0.2, 0.25) is 11.1 Å². The zero-order valence-corrected chi connectivity index (χ0v) is 17.9. The number of amides is 1. The summed E-state index contributed by atoms with van der Waals surface area (Å²) >= 11 is 1.30. The number of carbonyl (C=O) groups excluding carboxylic acids is 1. The van der Waals surface area contributed by atoms with Gasteiger partial charge in [-0.25, -0.2) is 0 Å². The van der Waals surface area contributed by atoms with E-state index >= 15 is 0 Å². The average Bonchev–Trinajstić information content (AvgIpc) is 3.26. The fourth-order valence-electron chi connectivity index (χ4n) is 3.12. The lowest BCUT2D eigenvalue weighted by atomic mass is 10.1. The number of hydrogen-bond donors (Lipinski definition) is 1. The number of carbonyl (C=O) groups is 1. The lowest BCUT2D eigenvalue weighted by Gasteiger charge is -2.17. The van der Waals surface area contributed by atoms with Gasteiger partial charge in [0.1, 0.15) is 11.0 Å². The number of anilines is 1. The summed E-state index contributed by atoms with van der Waals surface area (Å²) in [5, 5.41) is 15.1. The van der Waals surface area contributed by atoms with Gasteiger partial charge in [0.05, 0.1) is 12.8 Å². The smallest absolute Gasteiger partial charge is 0.242 e. The molecule has 156 valence electrons. The van der Waals surface area contributed by atoms with Crippen LogP contribution in [0.25, 0.3) is 5.69 Å². The van der Waals surface area contributed by atoms with Crippen LogP contribution in [-0.2, 0) is 4.79 Å². The molecule has 0 aliphatic carbocycles. The molecule has 0 bridgehead atoms. The quantitative estimate of drug-likeness (QED) is 0.435. The van der Waals surface area contributed by atoms with Gasteiger partial charge in [-0.2, -0.15) is 4.68 Å². The highest BCUT2D eigenvalue weighted by Gasteiger charge is 2.26. The van der Waals surface area contributed by atoms with Gasteiger partial charge in [0.25, 0.3) is 0 Å². The summed E-state index contributed by atoms with van der Waals surface area (Å²) in [6, 6.07) is 24.7. The fourth-order valence-corrected chi connectivity index (χ4v) is 4.11. The van der Waals surface area contributed by atoms with Crippen molar-refractivity contribution in [1.29, 1.82) is 0 Å². The van der Waals surface area contributed by atoms with Crippen LogP contribution in [0.4, 0.5) is 5.69 Å². The van der Waals surface area contributed by atoms with Crippen LogP contribution in [0.3, 0.4) is 0 Å². The van der Waals surface area contributed by atoms with Gasteiger partial charge < -0.3 is 10.1 Å². The predicted molar refractivity (Wildman–Crippen MR) is 121 cm³/mol. The second-order valence-corrected chi connectivity index (χ2v) is 7.86. The second-order valence-electron chi connectivity index (χ2n) is 6.79. The average molecular weight is 432 g/mol. The van der Waals surface area contributed by atoms with E-state index in [4.69, 9.17) is 4.74 Å². The van der Waals surface area contributed by atoms with Crippen molar-refractivity contribution in [3.63, 3.8) is 0 Å². The molecule has 1 atom stereocenters. The van der Waals surface area contributed by atoms with Crippen LogP contribution in [0.15, 0.2) is 84.0 Å². The molecule has 3 aromatic carbocycles. The number of hydrogen-bond acceptors (Lipinski definition) is 6. The lowest BCUT2D eigenvalue weighted by molar-refractivity contribution is -0.115. The molecule has 0 aliphatic heterocycles. The highest BCUT2D eigenvalue weighted by atomic mass is 32.2. The van der Waals surface area contributed by atoms with Gasteiger partial charge in [-0.1, -0.05) is 66.4 Å². The fraction of sp³-hybridized carbons (Fsp3) is 0.130. The Bertz CT molecular complexity index is 1180. The molecular weight excluding hydrogens is 410 g/mol. The van der Waals surface area contributed by atoms with Crippen LogP contribution in [-0.4, -0.2) is 33.2 Å². The summed E-state index contributed by atoms with van der Waals surface area (Å²) < 4.78 is 6.92. The van der Waals surface area contributed by atoms with Gasteiger partial charge in [-0.15, -0.1) is 5.10 Å². The monoisotopic (exact) mass is 431 g/mol. The van der Waals surface area contributed by atoms with Gasteiger partial charge in [0.15, 0.2) is 0 Å². The number of ether oxygens (including phenoxy) is 1. The van der Waals surface area contributed by atoms with E-state index in [1.165, 1.54) is 11.8 Å². The third kappa shape index (κ3) is 4.75. The summed E-state index contributed by atoms with van der Waals surface area (Å²) in [5.74, 6) is 0.494. The maximum absolute atomic E-state index is 13.3. The van der Waals surface area contributed by atoms with Crippen molar-refractivity contribution >= 4 is 23.4 Å². The van der Waals surface area contributed by atoms with Crippen molar-refractivity contribution < 1.29 is 9.53 Å². The van der Waals surface area contributed by atoms with E-state index in [1.54, 1.807) is 17.9 Å². The maximum Gasteiger partial charge on any atom is 0.242 e. The first-order valence-corrected chi connectivity index (χ1v) is 10.5. The minimum Gasteiger partial charge on any atom is -0.497 e. The van der Waals surface area contributed by atoms with E-state index in [0.717, 1.165) is 16.8 Å². The summed E-state index contributed by atoms with van der Waals surface area (Å²) in [6.07, 6.45) is 0. The molecule has 7 nitrogen and oxygen atoms in total. The molecule has 1 aromatic heterocycles. The number of benzene rings is 3. The minimum atomic E-state index is -0.554. The molecule has 4 rings (SSSR count). The molecule has 31 heavy (non-hydrogen) atoms. The molecule has 0 aliphatic rings. The second kappa shape index (κ2) is 9.44. The van der Waals surface area contributed by atoms with Crippen LogP contribution in [0.2, 0.25) is 0 Å². The van der Waals surface area contributed by atoms with Crippen molar-refractivity contribution in [2.24, 2.45) is 0 Å². The molecule has 0 spiro atoms.